The van der Waals surface area contributed by atoms with E-state index in [9.17, 15) is 22.4 Å². The number of carboxylic acid groups (broad SMARTS) is 1. The summed E-state index contributed by atoms with van der Waals surface area (Å²) in [5.41, 5.74) is -0.396. The molecule has 0 aliphatic heterocycles. The van der Waals surface area contributed by atoms with Crippen molar-refractivity contribution in [2.45, 2.75) is 12.8 Å². The van der Waals surface area contributed by atoms with Crippen molar-refractivity contribution in [3.63, 3.8) is 0 Å². The average Bonchev–Trinajstić information content (AvgIpc) is 2.30. The summed E-state index contributed by atoms with van der Waals surface area (Å²) in [6.45, 7) is 0. The van der Waals surface area contributed by atoms with Gasteiger partial charge < -0.3 is 10.4 Å². The van der Waals surface area contributed by atoms with Gasteiger partial charge in [0.15, 0.2) is 0 Å². The van der Waals surface area contributed by atoms with Gasteiger partial charge in [0.2, 0.25) is 5.91 Å². The molecule has 0 heterocycles. The van der Waals surface area contributed by atoms with Crippen LogP contribution in [0.4, 0.5) is 10.1 Å². The summed E-state index contributed by atoms with van der Waals surface area (Å²) >= 11 is 0. The van der Waals surface area contributed by atoms with Crippen LogP contribution in [-0.2, 0) is 14.6 Å². The van der Waals surface area contributed by atoms with Gasteiger partial charge in [-0.25, -0.2) is 17.6 Å². The van der Waals surface area contributed by atoms with E-state index in [0.717, 1.165) is 24.5 Å². The molecule has 8 heteroatoms. The smallest absolute Gasteiger partial charge is 0.335 e. The predicted molar refractivity (Wildman–Crippen MR) is 70.9 cm³/mol. The molecule has 0 unspecified atom stereocenters. The number of amides is 1. The molecule has 1 rings (SSSR count). The molecule has 0 saturated heterocycles. The second kappa shape index (κ2) is 6.47. The number of halogens is 1. The Labute approximate surface area is 115 Å². The van der Waals surface area contributed by atoms with E-state index in [1.807, 2.05) is 0 Å². The first-order valence-electron chi connectivity index (χ1n) is 5.69. The Kier molecular flexibility index (Phi) is 5.20. The lowest BCUT2D eigenvalue weighted by atomic mass is 10.2. The van der Waals surface area contributed by atoms with E-state index >= 15 is 0 Å². The third-order valence-corrected chi connectivity index (χ3v) is 3.44. The zero-order valence-electron chi connectivity index (χ0n) is 10.7. The second-order valence-corrected chi connectivity index (χ2v) is 6.54. The van der Waals surface area contributed by atoms with Gasteiger partial charge >= 0.3 is 5.97 Å². The summed E-state index contributed by atoms with van der Waals surface area (Å²) in [6, 6.07) is 3.03. The van der Waals surface area contributed by atoms with Gasteiger partial charge in [0.1, 0.15) is 15.7 Å². The summed E-state index contributed by atoms with van der Waals surface area (Å²) < 4.78 is 35.2. The SMILES string of the molecule is CS(=O)(=O)CCCC(=O)Nc1cc(C(=O)O)ccc1F. The largest absolute Gasteiger partial charge is 0.478 e. The normalized spacial score (nSPS) is 11.1. The zero-order valence-corrected chi connectivity index (χ0v) is 11.5. The van der Waals surface area contributed by atoms with Crippen LogP contribution in [-0.4, -0.2) is 37.4 Å². The maximum atomic E-state index is 13.4. The van der Waals surface area contributed by atoms with Gasteiger partial charge in [-0.2, -0.15) is 0 Å². The molecule has 0 radical (unpaired) electrons. The lowest BCUT2D eigenvalue weighted by molar-refractivity contribution is -0.116. The van der Waals surface area contributed by atoms with Crippen molar-refractivity contribution in [2.24, 2.45) is 0 Å². The van der Waals surface area contributed by atoms with Crippen molar-refractivity contribution < 1.29 is 27.5 Å². The van der Waals surface area contributed by atoms with E-state index in [4.69, 9.17) is 5.11 Å². The van der Waals surface area contributed by atoms with Crippen LogP contribution in [0.1, 0.15) is 23.2 Å². The van der Waals surface area contributed by atoms with Crippen LogP contribution < -0.4 is 5.32 Å². The van der Waals surface area contributed by atoms with Gasteiger partial charge in [-0.05, 0) is 24.6 Å². The van der Waals surface area contributed by atoms with Crippen LogP contribution in [0, 0.1) is 5.82 Å². The number of rotatable bonds is 6. The van der Waals surface area contributed by atoms with Crippen molar-refractivity contribution in [2.75, 3.05) is 17.3 Å². The summed E-state index contributed by atoms with van der Waals surface area (Å²) in [7, 11) is -3.15. The number of hydrogen-bond acceptors (Lipinski definition) is 4. The molecule has 6 nitrogen and oxygen atoms in total. The highest BCUT2D eigenvalue weighted by molar-refractivity contribution is 7.90. The van der Waals surface area contributed by atoms with Gasteiger partial charge in [-0.3, -0.25) is 4.79 Å². The molecule has 20 heavy (non-hydrogen) atoms. The third kappa shape index (κ3) is 5.35. The Bertz CT molecular complexity index is 627. The van der Waals surface area contributed by atoms with Crippen LogP contribution in [0.25, 0.3) is 0 Å². The summed E-state index contributed by atoms with van der Waals surface area (Å²) in [6.07, 6.45) is 1.08. The van der Waals surface area contributed by atoms with E-state index in [0.29, 0.717) is 0 Å². The highest BCUT2D eigenvalue weighted by Gasteiger charge is 2.12. The van der Waals surface area contributed by atoms with Gasteiger partial charge in [-0.15, -0.1) is 0 Å². The number of carbonyl (C=O) groups excluding carboxylic acids is 1. The molecule has 1 amide bonds. The van der Waals surface area contributed by atoms with Crippen LogP contribution in [0.3, 0.4) is 0 Å². The molecule has 1 aromatic rings. The van der Waals surface area contributed by atoms with Crippen LogP contribution in [0.2, 0.25) is 0 Å². The molecule has 0 bridgehead atoms. The first-order chi connectivity index (χ1) is 9.19. The maximum absolute atomic E-state index is 13.4. The van der Waals surface area contributed by atoms with E-state index < -0.39 is 27.5 Å². The number of benzene rings is 1. The molecular weight excluding hydrogens is 289 g/mol. The predicted octanol–water partition coefficient (Wildman–Crippen LogP) is 1.29. The quantitative estimate of drug-likeness (QED) is 0.824. The number of hydrogen-bond donors (Lipinski definition) is 2. The lowest BCUT2D eigenvalue weighted by Gasteiger charge is -2.07. The topological polar surface area (TPSA) is 101 Å². The van der Waals surface area contributed by atoms with Crippen molar-refractivity contribution in [1.82, 2.24) is 0 Å². The standard InChI is InChI=1S/C12H14FNO5S/c1-20(18,19)6-2-3-11(15)14-10-7-8(12(16)17)4-5-9(10)13/h4-5,7H,2-3,6H2,1H3,(H,14,15)(H,16,17). The lowest BCUT2D eigenvalue weighted by Crippen LogP contribution is -2.15. The number of aromatic carboxylic acids is 1. The second-order valence-electron chi connectivity index (χ2n) is 4.28. The Balaban J connectivity index is 2.66. The summed E-state index contributed by atoms with van der Waals surface area (Å²) in [5, 5.41) is 11.0. The van der Waals surface area contributed by atoms with Gasteiger partial charge in [0, 0.05) is 12.7 Å². The fourth-order valence-electron chi connectivity index (χ4n) is 1.46. The molecule has 0 fully saturated rings. The fraction of sp³-hybridized carbons (Fsp3) is 0.333. The third-order valence-electron chi connectivity index (χ3n) is 2.41. The van der Waals surface area contributed by atoms with Gasteiger partial charge in [0.25, 0.3) is 0 Å². The highest BCUT2D eigenvalue weighted by Crippen LogP contribution is 2.16. The molecule has 0 aliphatic rings. The Morgan fingerprint density at radius 1 is 1.35 bits per heavy atom. The van der Waals surface area contributed by atoms with Crippen molar-refractivity contribution in [3.8, 4) is 0 Å². The minimum atomic E-state index is -3.15. The number of carboxylic acids is 1. The van der Waals surface area contributed by atoms with Crippen molar-refractivity contribution >= 4 is 27.4 Å². The van der Waals surface area contributed by atoms with E-state index in [-0.39, 0.29) is 29.8 Å². The van der Waals surface area contributed by atoms with E-state index in [1.165, 1.54) is 0 Å². The molecular formula is C12H14FNO5S. The molecule has 0 saturated carbocycles. The van der Waals surface area contributed by atoms with E-state index in [1.54, 1.807) is 0 Å². The first kappa shape index (κ1) is 16.1. The van der Waals surface area contributed by atoms with Gasteiger partial charge in [0.05, 0.1) is 17.0 Å². The van der Waals surface area contributed by atoms with Gasteiger partial charge in [-0.1, -0.05) is 0 Å². The highest BCUT2D eigenvalue weighted by atomic mass is 32.2. The number of sulfone groups is 1. The van der Waals surface area contributed by atoms with Crippen LogP contribution in [0.5, 0.6) is 0 Å². The minimum absolute atomic E-state index is 0.0934. The number of anilines is 1. The zero-order chi connectivity index (χ0) is 15.3. The number of carbonyl (C=O) groups is 2. The van der Waals surface area contributed by atoms with E-state index in [2.05, 4.69) is 5.32 Å². The van der Waals surface area contributed by atoms with Crippen LogP contribution >= 0.6 is 0 Å². The molecule has 0 spiro atoms. The summed E-state index contributed by atoms with van der Waals surface area (Å²) in [5.74, 6) is -2.71. The average molecular weight is 303 g/mol. The Hall–Kier alpha value is -1.96. The molecule has 0 aliphatic carbocycles. The molecule has 2 N–H and O–H groups in total. The monoisotopic (exact) mass is 303 g/mol. The fourth-order valence-corrected chi connectivity index (χ4v) is 2.13. The Morgan fingerprint density at radius 2 is 2.00 bits per heavy atom. The molecule has 0 aromatic heterocycles. The van der Waals surface area contributed by atoms with Crippen LogP contribution in [0.15, 0.2) is 18.2 Å². The molecule has 0 atom stereocenters. The van der Waals surface area contributed by atoms with Crippen molar-refractivity contribution in [3.05, 3.63) is 29.6 Å². The minimum Gasteiger partial charge on any atom is -0.478 e. The number of nitrogens with one attached hydrogen (secondary N) is 1. The summed E-state index contributed by atoms with van der Waals surface area (Å²) in [4.78, 5) is 22.2. The Morgan fingerprint density at radius 3 is 2.55 bits per heavy atom. The maximum Gasteiger partial charge on any atom is 0.335 e. The van der Waals surface area contributed by atoms with Crippen molar-refractivity contribution in [1.29, 1.82) is 0 Å². The molecule has 1 aromatic carbocycles. The first-order valence-corrected chi connectivity index (χ1v) is 7.75. The molecule has 110 valence electrons.